The van der Waals surface area contributed by atoms with Crippen LogP contribution in [0.15, 0.2) is 0 Å². The summed E-state index contributed by atoms with van der Waals surface area (Å²) < 4.78 is 5.76. The van der Waals surface area contributed by atoms with Crippen molar-refractivity contribution >= 4 is 5.91 Å². The molecule has 3 fully saturated rings. The molecule has 4 nitrogen and oxygen atoms in total. The van der Waals surface area contributed by atoms with Crippen molar-refractivity contribution in [1.29, 1.82) is 0 Å². The predicted molar refractivity (Wildman–Crippen MR) is 64.7 cm³/mol. The molecule has 0 aromatic rings. The van der Waals surface area contributed by atoms with Gasteiger partial charge in [-0.2, -0.15) is 0 Å². The number of amides is 1. The molecule has 2 saturated heterocycles. The summed E-state index contributed by atoms with van der Waals surface area (Å²) in [5, 5.41) is 0. The maximum atomic E-state index is 12.2. The van der Waals surface area contributed by atoms with Crippen molar-refractivity contribution in [3.05, 3.63) is 0 Å². The zero-order chi connectivity index (χ0) is 12.0. The number of hydrogen-bond donors (Lipinski definition) is 0. The number of fused-ring (bicyclic) bond motifs is 1. The molecule has 0 spiro atoms. The van der Waals surface area contributed by atoms with Gasteiger partial charge in [-0.25, -0.2) is 0 Å². The molecular formula is C13H22N2O2. The molecule has 0 bridgehead atoms. The number of likely N-dealkylation sites (tertiary alicyclic amines) is 1. The van der Waals surface area contributed by atoms with Gasteiger partial charge < -0.3 is 9.64 Å². The minimum Gasteiger partial charge on any atom is -0.373 e. The summed E-state index contributed by atoms with van der Waals surface area (Å²) in [6, 6.07) is 0.416. The topological polar surface area (TPSA) is 32.8 Å². The Hall–Kier alpha value is -0.610. The third-order valence-electron chi connectivity index (χ3n) is 4.61. The van der Waals surface area contributed by atoms with Gasteiger partial charge in [-0.15, -0.1) is 0 Å². The fraction of sp³-hybridized carbons (Fsp3) is 0.923. The molecule has 96 valence electrons. The van der Waals surface area contributed by atoms with Crippen molar-refractivity contribution in [1.82, 2.24) is 9.80 Å². The Kier molecular flexibility index (Phi) is 2.67. The molecule has 2 unspecified atom stereocenters. The average molecular weight is 238 g/mol. The zero-order valence-corrected chi connectivity index (χ0v) is 10.8. The summed E-state index contributed by atoms with van der Waals surface area (Å²) in [6.07, 6.45) is 3.41. The maximum Gasteiger partial charge on any atom is 0.223 e. The second-order valence-electron chi connectivity index (χ2n) is 6.24. The Labute approximate surface area is 103 Å². The maximum absolute atomic E-state index is 12.2. The minimum absolute atomic E-state index is 0.240. The van der Waals surface area contributed by atoms with Gasteiger partial charge >= 0.3 is 0 Å². The Morgan fingerprint density at radius 3 is 2.82 bits per heavy atom. The lowest BCUT2D eigenvalue weighted by Gasteiger charge is -2.33. The molecule has 4 heteroatoms. The molecule has 17 heavy (non-hydrogen) atoms. The van der Waals surface area contributed by atoms with Crippen molar-refractivity contribution in [2.24, 2.45) is 5.41 Å². The molecule has 1 saturated carbocycles. The SMILES string of the molecule is CN1CCOC2CN(C(=O)CC3(C)CC3)CC21. The quantitative estimate of drug-likeness (QED) is 0.710. The van der Waals surface area contributed by atoms with Gasteiger partial charge in [0.2, 0.25) is 5.91 Å². The van der Waals surface area contributed by atoms with Crippen LogP contribution in [0.4, 0.5) is 0 Å². The van der Waals surface area contributed by atoms with Crippen LogP contribution < -0.4 is 0 Å². The first-order valence-corrected chi connectivity index (χ1v) is 6.67. The monoisotopic (exact) mass is 238 g/mol. The summed E-state index contributed by atoms with van der Waals surface area (Å²) in [5.74, 6) is 0.330. The molecule has 0 N–H and O–H groups in total. The van der Waals surface area contributed by atoms with Gasteiger partial charge in [0.1, 0.15) is 0 Å². The summed E-state index contributed by atoms with van der Waals surface area (Å²) in [4.78, 5) is 16.6. The van der Waals surface area contributed by atoms with Crippen LogP contribution in [0.5, 0.6) is 0 Å². The van der Waals surface area contributed by atoms with Gasteiger partial charge in [0, 0.05) is 26.1 Å². The van der Waals surface area contributed by atoms with E-state index in [0.29, 0.717) is 17.4 Å². The lowest BCUT2D eigenvalue weighted by molar-refractivity contribution is -0.131. The van der Waals surface area contributed by atoms with Crippen LogP contribution in [-0.4, -0.2) is 61.1 Å². The number of ether oxygens (including phenoxy) is 1. The highest BCUT2D eigenvalue weighted by Gasteiger charge is 2.44. The lowest BCUT2D eigenvalue weighted by atomic mass is 10.1. The van der Waals surface area contributed by atoms with E-state index in [4.69, 9.17) is 4.74 Å². The standard InChI is InChI=1S/C13H22N2O2/c1-13(3-4-13)7-12(16)15-8-10-11(9-15)17-6-5-14(10)2/h10-11H,3-9H2,1-2H3. The molecule has 2 aliphatic heterocycles. The molecule has 0 aromatic heterocycles. The van der Waals surface area contributed by atoms with Crippen LogP contribution >= 0.6 is 0 Å². The largest absolute Gasteiger partial charge is 0.373 e. The summed E-state index contributed by atoms with van der Waals surface area (Å²) >= 11 is 0. The molecule has 3 rings (SSSR count). The zero-order valence-electron chi connectivity index (χ0n) is 10.8. The van der Waals surface area contributed by atoms with Crippen LogP contribution in [-0.2, 0) is 9.53 Å². The number of carbonyl (C=O) groups excluding carboxylic acids is 1. The van der Waals surface area contributed by atoms with Crippen LogP contribution in [0.25, 0.3) is 0 Å². The van der Waals surface area contributed by atoms with E-state index in [9.17, 15) is 4.79 Å². The molecule has 1 aliphatic carbocycles. The summed E-state index contributed by atoms with van der Waals surface area (Å²) in [6.45, 7) is 5.66. The smallest absolute Gasteiger partial charge is 0.223 e. The van der Waals surface area contributed by atoms with E-state index >= 15 is 0 Å². The van der Waals surface area contributed by atoms with E-state index in [0.717, 1.165) is 32.7 Å². The normalized spacial score (nSPS) is 35.8. The van der Waals surface area contributed by atoms with E-state index in [2.05, 4.69) is 18.9 Å². The Morgan fingerprint density at radius 2 is 2.18 bits per heavy atom. The highest BCUT2D eigenvalue weighted by atomic mass is 16.5. The number of morpholine rings is 1. The third kappa shape index (κ3) is 2.20. The van der Waals surface area contributed by atoms with Crippen molar-refractivity contribution in [3.63, 3.8) is 0 Å². The first-order valence-electron chi connectivity index (χ1n) is 6.67. The van der Waals surface area contributed by atoms with Crippen molar-refractivity contribution in [3.8, 4) is 0 Å². The molecule has 0 aromatic carbocycles. The number of carbonyl (C=O) groups is 1. The Morgan fingerprint density at radius 1 is 1.41 bits per heavy atom. The highest BCUT2D eigenvalue weighted by molar-refractivity contribution is 5.77. The summed E-state index contributed by atoms with van der Waals surface area (Å²) in [7, 11) is 2.14. The first kappa shape index (κ1) is 11.5. The first-order chi connectivity index (χ1) is 8.07. The lowest BCUT2D eigenvalue weighted by Crippen LogP contribution is -2.48. The van der Waals surface area contributed by atoms with E-state index < -0.39 is 0 Å². The highest BCUT2D eigenvalue weighted by Crippen LogP contribution is 2.48. The number of hydrogen-bond acceptors (Lipinski definition) is 3. The van der Waals surface area contributed by atoms with Gasteiger partial charge in [-0.05, 0) is 25.3 Å². The van der Waals surface area contributed by atoms with E-state index in [1.54, 1.807) is 0 Å². The molecule has 3 aliphatic rings. The Balaban J connectivity index is 1.60. The fourth-order valence-corrected chi connectivity index (χ4v) is 2.93. The van der Waals surface area contributed by atoms with Crippen molar-refractivity contribution in [2.45, 2.75) is 38.3 Å². The van der Waals surface area contributed by atoms with Gasteiger partial charge in [-0.1, -0.05) is 6.92 Å². The third-order valence-corrected chi connectivity index (χ3v) is 4.61. The molecular weight excluding hydrogens is 216 g/mol. The Bertz CT molecular complexity index is 327. The molecule has 1 amide bonds. The van der Waals surface area contributed by atoms with E-state index in [-0.39, 0.29) is 6.10 Å². The van der Waals surface area contributed by atoms with Gasteiger partial charge in [0.15, 0.2) is 0 Å². The van der Waals surface area contributed by atoms with Crippen molar-refractivity contribution < 1.29 is 9.53 Å². The van der Waals surface area contributed by atoms with Crippen LogP contribution in [0.1, 0.15) is 26.2 Å². The minimum atomic E-state index is 0.240. The second kappa shape index (κ2) is 3.95. The second-order valence-corrected chi connectivity index (χ2v) is 6.24. The molecule has 2 atom stereocenters. The van der Waals surface area contributed by atoms with Gasteiger partial charge in [-0.3, -0.25) is 9.69 Å². The van der Waals surface area contributed by atoms with Crippen molar-refractivity contribution in [2.75, 3.05) is 33.3 Å². The molecule has 0 radical (unpaired) electrons. The average Bonchev–Trinajstić information content (AvgIpc) is 2.84. The van der Waals surface area contributed by atoms with E-state index in [1.807, 2.05) is 4.90 Å². The van der Waals surface area contributed by atoms with Crippen LogP contribution in [0.2, 0.25) is 0 Å². The summed E-state index contributed by atoms with van der Waals surface area (Å²) in [5.41, 5.74) is 0.317. The fourth-order valence-electron chi connectivity index (χ4n) is 2.93. The number of nitrogens with zero attached hydrogens (tertiary/aromatic N) is 2. The van der Waals surface area contributed by atoms with Gasteiger partial charge in [0.05, 0.1) is 18.8 Å². The predicted octanol–water partition coefficient (Wildman–Crippen LogP) is 0.718. The van der Waals surface area contributed by atoms with E-state index in [1.165, 1.54) is 12.8 Å². The molecule has 2 heterocycles. The number of likely N-dealkylation sites (N-methyl/N-ethyl adjacent to an activating group) is 1. The van der Waals surface area contributed by atoms with Crippen LogP contribution in [0, 0.1) is 5.41 Å². The van der Waals surface area contributed by atoms with Crippen LogP contribution in [0.3, 0.4) is 0 Å². The van der Waals surface area contributed by atoms with Gasteiger partial charge in [0.25, 0.3) is 0 Å². The number of rotatable bonds is 2.